The molecular formula is C29H34O5. The number of fused-ring (bicyclic) bond motifs is 3. The molecule has 3 aromatic rings. The van der Waals surface area contributed by atoms with Gasteiger partial charge in [0, 0.05) is 5.56 Å². The molecule has 0 aliphatic heterocycles. The van der Waals surface area contributed by atoms with Crippen molar-refractivity contribution in [2.45, 2.75) is 46.6 Å². The average molecular weight is 463 g/mol. The van der Waals surface area contributed by atoms with E-state index >= 15 is 0 Å². The Balaban J connectivity index is 1.97. The lowest BCUT2D eigenvalue weighted by molar-refractivity contribution is 0.267. The van der Waals surface area contributed by atoms with Crippen LogP contribution in [0.5, 0.6) is 23.0 Å². The number of ether oxygens (including phenoxy) is 4. The van der Waals surface area contributed by atoms with Crippen LogP contribution in [0.2, 0.25) is 0 Å². The third-order valence-corrected chi connectivity index (χ3v) is 6.50. The van der Waals surface area contributed by atoms with Crippen LogP contribution < -0.4 is 18.9 Å². The van der Waals surface area contributed by atoms with Crippen LogP contribution in [0.1, 0.15) is 58.4 Å². The van der Waals surface area contributed by atoms with Crippen molar-refractivity contribution in [2.75, 3.05) is 27.4 Å². The summed E-state index contributed by atoms with van der Waals surface area (Å²) in [7, 11) is 3.39. The van der Waals surface area contributed by atoms with Crippen LogP contribution in [-0.2, 0) is 25.9 Å². The highest BCUT2D eigenvalue weighted by Crippen LogP contribution is 2.38. The normalized spacial score (nSPS) is 12.4. The van der Waals surface area contributed by atoms with E-state index < -0.39 is 0 Å². The van der Waals surface area contributed by atoms with Crippen LogP contribution >= 0.6 is 0 Å². The lowest BCUT2D eigenvalue weighted by atomic mass is 9.92. The van der Waals surface area contributed by atoms with Crippen LogP contribution in [0.15, 0.2) is 36.4 Å². The SMILES string of the molecule is CCOc1cc2c(cc1CO)Cc1cc(C)c(OC)cc1Cc1cc(OCC)c(OC)cc1C2. The topological polar surface area (TPSA) is 57.2 Å². The molecule has 1 aliphatic rings. The van der Waals surface area contributed by atoms with Crippen molar-refractivity contribution in [1.29, 1.82) is 0 Å². The predicted octanol–water partition coefficient (Wildman–Crippen LogP) is 5.39. The van der Waals surface area contributed by atoms with Gasteiger partial charge in [-0.15, -0.1) is 0 Å². The molecular weight excluding hydrogens is 428 g/mol. The van der Waals surface area contributed by atoms with E-state index in [4.69, 9.17) is 18.9 Å². The summed E-state index contributed by atoms with van der Waals surface area (Å²) in [4.78, 5) is 0. The second kappa shape index (κ2) is 10.4. The van der Waals surface area contributed by atoms with Crippen LogP contribution in [0, 0.1) is 6.92 Å². The largest absolute Gasteiger partial charge is 0.496 e. The fourth-order valence-electron chi connectivity index (χ4n) is 4.82. The number of hydrogen-bond acceptors (Lipinski definition) is 5. The van der Waals surface area contributed by atoms with Gasteiger partial charge in [-0.2, -0.15) is 0 Å². The summed E-state index contributed by atoms with van der Waals surface area (Å²) in [6.45, 7) is 7.09. The van der Waals surface area contributed by atoms with Crippen molar-refractivity contribution < 1.29 is 24.1 Å². The summed E-state index contributed by atoms with van der Waals surface area (Å²) in [5, 5.41) is 10.0. The van der Waals surface area contributed by atoms with Crippen molar-refractivity contribution in [3.8, 4) is 23.0 Å². The molecule has 0 unspecified atom stereocenters. The van der Waals surface area contributed by atoms with Gasteiger partial charge in [-0.05, 0) is 109 Å². The molecule has 0 atom stereocenters. The van der Waals surface area contributed by atoms with Gasteiger partial charge in [0.25, 0.3) is 0 Å². The standard InChI is InChI=1S/C29H34O5/c1-6-33-27-14-22-11-23-15-28(32-5)29(34-7-2)16-24(23)10-21-13-26(31-4)18(3)8-19(21)9-20(22)12-25(27)17-30/h8,12-16,30H,6-7,9-11,17H2,1-5H3. The van der Waals surface area contributed by atoms with E-state index in [0.29, 0.717) is 13.2 Å². The maximum atomic E-state index is 10.0. The first-order valence-electron chi connectivity index (χ1n) is 11.9. The van der Waals surface area contributed by atoms with Gasteiger partial charge in [0.1, 0.15) is 11.5 Å². The highest BCUT2D eigenvalue weighted by Gasteiger charge is 2.21. The van der Waals surface area contributed by atoms with Crippen molar-refractivity contribution in [1.82, 2.24) is 0 Å². The third kappa shape index (κ3) is 4.71. The highest BCUT2D eigenvalue weighted by molar-refractivity contribution is 5.56. The van der Waals surface area contributed by atoms with E-state index in [-0.39, 0.29) is 6.61 Å². The number of hydrogen-bond donors (Lipinski definition) is 1. The smallest absolute Gasteiger partial charge is 0.161 e. The van der Waals surface area contributed by atoms with Gasteiger partial charge in [0.05, 0.1) is 34.0 Å². The molecule has 5 heteroatoms. The fourth-order valence-corrected chi connectivity index (χ4v) is 4.82. The Labute approximate surface area is 202 Å². The summed E-state index contributed by atoms with van der Waals surface area (Å²) in [5.74, 6) is 3.13. The molecule has 180 valence electrons. The molecule has 34 heavy (non-hydrogen) atoms. The number of methoxy groups -OCH3 is 2. The maximum absolute atomic E-state index is 10.0. The Morgan fingerprint density at radius 2 is 1.06 bits per heavy atom. The van der Waals surface area contributed by atoms with E-state index in [1.54, 1.807) is 14.2 Å². The van der Waals surface area contributed by atoms with E-state index in [0.717, 1.165) is 53.4 Å². The Bertz CT molecular complexity index is 1170. The number of aryl methyl sites for hydroxylation is 1. The molecule has 1 N–H and O–H groups in total. The zero-order valence-corrected chi connectivity index (χ0v) is 20.8. The minimum absolute atomic E-state index is 0.0563. The average Bonchev–Trinajstić information content (AvgIpc) is 2.88. The summed E-state index contributed by atoms with van der Waals surface area (Å²) < 4.78 is 23.1. The number of aliphatic hydroxyl groups excluding tert-OH is 1. The molecule has 5 nitrogen and oxygen atoms in total. The molecule has 4 rings (SSSR count). The third-order valence-electron chi connectivity index (χ3n) is 6.50. The molecule has 0 saturated carbocycles. The molecule has 0 fully saturated rings. The predicted molar refractivity (Wildman–Crippen MR) is 134 cm³/mol. The molecule has 0 spiro atoms. The van der Waals surface area contributed by atoms with E-state index in [1.807, 2.05) is 13.8 Å². The molecule has 0 aromatic heterocycles. The number of rotatable bonds is 7. The zero-order chi connectivity index (χ0) is 24.2. The van der Waals surface area contributed by atoms with Gasteiger partial charge < -0.3 is 24.1 Å². The lowest BCUT2D eigenvalue weighted by Crippen LogP contribution is -2.04. The van der Waals surface area contributed by atoms with Crippen LogP contribution in [0.25, 0.3) is 0 Å². The Hall–Kier alpha value is -3.18. The van der Waals surface area contributed by atoms with Crippen molar-refractivity contribution >= 4 is 0 Å². The van der Waals surface area contributed by atoms with Crippen molar-refractivity contribution in [3.05, 3.63) is 80.9 Å². The quantitative estimate of drug-likeness (QED) is 0.399. The van der Waals surface area contributed by atoms with Gasteiger partial charge in [-0.25, -0.2) is 0 Å². The first kappa shape index (κ1) is 24.0. The molecule has 1 aliphatic carbocycles. The monoisotopic (exact) mass is 462 g/mol. The number of aliphatic hydroxyl groups is 1. The van der Waals surface area contributed by atoms with Gasteiger partial charge >= 0.3 is 0 Å². The first-order valence-corrected chi connectivity index (χ1v) is 11.9. The zero-order valence-electron chi connectivity index (χ0n) is 20.8. The maximum Gasteiger partial charge on any atom is 0.161 e. The van der Waals surface area contributed by atoms with Crippen molar-refractivity contribution in [2.24, 2.45) is 0 Å². The minimum Gasteiger partial charge on any atom is -0.496 e. The molecule has 3 aromatic carbocycles. The minimum atomic E-state index is -0.0563. The van der Waals surface area contributed by atoms with Gasteiger partial charge in [-0.3, -0.25) is 0 Å². The molecule has 0 bridgehead atoms. The van der Waals surface area contributed by atoms with E-state index in [1.165, 1.54) is 33.4 Å². The van der Waals surface area contributed by atoms with Crippen molar-refractivity contribution in [3.63, 3.8) is 0 Å². The molecule has 0 saturated heterocycles. The van der Waals surface area contributed by atoms with Crippen LogP contribution in [0.4, 0.5) is 0 Å². The van der Waals surface area contributed by atoms with Crippen LogP contribution in [0.3, 0.4) is 0 Å². The number of benzene rings is 3. The summed E-state index contributed by atoms with van der Waals surface area (Å²) in [6.07, 6.45) is 2.28. The van der Waals surface area contributed by atoms with Gasteiger partial charge in [0.2, 0.25) is 0 Å². The lowest BCUT2D eigenvalue weighted by Gasteiger charge is -2.18. The first-order chi connectivity index (χ1) is 16.5. The second-order valence-corrected chi connectivity index (χ2v) is 8.65. The fraction of sp³-hybridized carbons (Fsp3) is 0.379. The summed E-state index contributed by atoms with van der Waals surface area (Å²) in [5.41, 5.74) is 9.18. The highest BCUT2D eigenvalue weighted by atomic mass is 16.5. The molecule has 0 radical (unpaired) electrons. The second-order valence-electron chi connectivity index (χ2n) is 8.65. The molecule has 0 amide bonds. The summed E-state index contributed by atoms with van der Waals surface area (Å²) >= 11 is 0. The van der Waals surface area contributed by atoms with Crippen LogP contribution in [-0.4, -0.2) is 32.5 Å². The Kier molecular flexibility index (Phi) is 7.32. The van der Waals surface area contributed by atoms with Gasteiger partial charge in [0.15, 0.2) is 11.5 Å². The Morgan fingerprint density at radius 3 is 1.59 bits per heavy atom. The van der Waals surface area contributed by atoms with Gasteiger partial charge in [-0.1, -0.05) is 6.07 Å². The van der Waals surface area contributed by atoms with E-state index in [9.17, 15) is 5.11 Å². The van der Waals surface area contributed by atoms with E-state index in [2.05, 4.69) is 43.3 Å². The summed E-state index contributed by atoms with van der Waals surface area (Å²) in [6, 6.07) is 12.8. The Morgan fingerprint density at radius 1 is 0.618 bits per heavy atom. The molecule has 0 heterocycles.